The van der Waals surface area contributed by atoms with E-state index in [-0.39, 0.29) is 0 Å². The fourth-order valence-electron chi connectivity index (χ4n) is 0.502. The van der Waals surface area contributed by atoms with Crippen molar-refractivity contribution in [3.8, 4) is 0 Å². The van der Waals surface area contributed by atoms with Gasteiger partial charge in [-0.3, -0.25) is 0 Å². The fourth-order valence-corrected chi connectivity index (χ4v) is 1.51. The Morgan fingerprint density at radius 1 is 1.56 bits per heavy atom. The first-order valence-electron chi connectivity index (χ1n) is 3.27. The van der Waals surface area contributed by atoms with Crippen LogP contribution >= 0.6 is 11.8 Å². The molecule has 1 aliphatic heterocycles. The molecule has 0 aromatic rings. The van der Waals surface area contributed by atoms with Crippen molar-refractivity contribution in [2.24, 2.45) is 0 Å². The molecule has 0 aromatic carbocycles. The van der Waals surface area contributed by atoms with Crippen LogP contribution in [0.5, 0.6) is 0 Å². The molecule has 0 aromatic heterocycles. The molecule has 54 valence electrons. The lowest BCUT2D eigenvalue weighted by atomic mass is 10.5. The van der Waals surface area contributed by atoms with Gasteiger partial charge < -0.3 is 4.90 Å². The predicted molar refractivity (Wildman–Crippen MR) is 45.6 cm³/mol. The highest BCUT2D eigenvalue weighted by Crippen LogP contribution is 2.19. The average Bonchev–Trinajstić information content (AvgIpc) is 2.23. The molecule has 1 nitrogen and oxygen atoms in total. The molecule has 9 heavy (non-hydrogen) atoms. The molecule has 0 bridgehead atoms. The Morgan fingerprint density at radius 2 is 2.11 bits per heavy atom. The van der Waals surface area contributed by atoms with Crippen molar-refractivity contribution in [2.45, 2.75) is 13.8 Å². The summed E-state index contributed by atoms with van der Waals surface area (Å²) < 4.78 is 0. The van der Waals surface area contributed by atoms with Crippen LogP contribution in [0.3, 0.4) is 0 Å². The van der Waals surface area contributed by atoms with Crippen LogP contribution in [-0.4, -0.2) is 23.6 Å². The van der Waals surface area contributed by atoms with E-state index < -0.39 is 0 Å². The van der Waals surface area contributed by atoms with E-state index in [0.29, 0.717) is 0 Å². The first-order chi connectivity index (χ1) is 4.30. The minimum absolute atomic E-state index is 1.12. The highest BCUT2D eigenvalue weighted by molar-refractivity contribution is 7.99. The summed E-state index contributed by atoms with van der Waals surface area (Å²) in [7, 11) is 2.07. The zero-order valence-electron chi connectivity index (χ0n) is 6.48. The van der Waals surface area contributed by atoms with Crippen LogP contribution in [0.2, 0.25) is 0 Å². The standard InChI is InChI=1S/C5H9NS.C2H6/c1-5-3-7-4-6(5)2;1-2/h1,3-4H2,2H3;1-2H3. The highest BCUT2D eigenvalue weighted by atomic mass is 32.2. The molecule has 2 heteroatoms. The van der Waals surface area contributed by atoms with Crippen LogP contribution in [0.4, 0.5) is 0 Å². The highest BCUT2D eigenvalue weighted by Gasteiger charge is 2.08. The molecular weight excluding hydrogens is 130 g/mol. The second-order valence-electron chi connectivity index (χ2n) is 1.74. The van der Waals surface area contributed by atoms with Crippen molar-refractivity contribution < 1.29 is 0 Å². The summed E-state index contributed by atoms with van der Waals surface area (Å²) >= 11 is 1.92. The third kappa shape index (κ3) is 2.80. The SMILES string of the molecule is C=C1CSCN1C.CC. The molecule has 0 N–H and O–H groups in total. The topological polar surface area (TPSA) is 3.24 Å². The van der Waals surface area contributed by atoms with E-state index in [1.54, 1.807) is 0 Å². The Labute approximate surface area is 62.1 Å². The molecule has 1 aliphatic rings. The monoisotopic (exact) mass is 145 g/mol. The lowest BCUT2D eigenvalue weighted by Crippen LogP contribution is -2.08. The maximum Gasteiger partial charge on any atom is 0.0637 e. The molecule has 0 radical (unpaired) electrons. The third-order valence-corrected chi connectivity index (χ3v) is 2.20. The van der Waals surface area contributed by atoms with E-state index in [4.69, 9.17) is 0 Å². The van der Waals surface area contributed by atoms with Crippen molar-refractivity contribution in [2.75, 3.05) is 18.7 Å². The Bertz CT molecular complexity index is 90.9. The summed E-state index contributed by atoms with van der Waals surface area (Å²) in [6.45, 7) is 7.84. The van der Waals surface area contributed by atoms with Gasteiger partial charge in [-0.25, -0.2) is 0 Å². The predicted octanol–water partition coefficient (Wildman–Crippen LogP) is 2.16. The first kappa shape index (κ1) is 8.89. The van der Waals surface area contributed by atoms with Crippen molar-refractivity contribution in [1.29, 1.82) is 0 Å². The van der Waals surface area contributed by atoms with Crippen molar-refractivity contribution in [1.82, 2.24) is 4.90 Å². The minimum Gasteiger partial charge on any atom is -0.368 e. The molecule has 0 atom stereocenters. The van der Waals surface area contributed by atoms with Gasteiger partial charge in [0.25, 0.3) is 0 Å². The average molecular weight is 145 g/mol. The summed E-state index contributed by atoms with van der Waals surface area (Å²) in [5.74, 6) is 2.25. The largest absolute Gasteiger partial charge is 0.368 e. The van der Waals surface area contributed by atoms with E-state index in [2.05, 4.69) is 18.5 Å². The number of hydrogen-bond donors (Lipinski definition) is 0. The van der Waals surface area contributed by atoms with Crippen LogP contribution in [-0.2, 0) is 0 Å². The molecule has 0 spiro atoms. The molecule has 1 heterocycles. The van der Waals surface area contributed by atoms with Gasteiger partial charge in [0.05, 0.1) is 5.88 Å². The van der Waals surface area contributed by atoms with Gasteiger partial charge in [0.15, 0.2) is 0 Å². The van der Waals surface area contributed by atoms with Crippen molar-refractivity contribution >= 4 is 11.8 Å². The van der Waals surface area contributed by atoms with Crippen LogP contribution in [0.15, 0.2) is 12.3 Å². The summed E-state index contributed by atoms with van der Waals surface area (Å²) in [6, 6.07) is 0. The van der Waals surface area contributed by atoms with E-state index >= 15 is 0 Å². The molecule has 1 fully saturated rings. The Balaban J connectivity index is 0.000000291. The molecule has 1 saturated heterocycles. The quantitative estimate of drug-likeness (QED) is 0.514. The second-order valence-corrected chi connectivity index (χ2v) is 2.70. The number of nitrogens with zero attached hydrogens (tertiary/aromatic N) is 1. The number of rotatable bonds is 0. The lowest BCUT2D eigenvalue weighted by Gasteiger charge is -2.07. The number of thioether (sulfide) groups is 1. The Morgan fingerprint density at radius 3 is 2.22 bits per heavy atom. The van der Waals surface area contributed by atoms with Crippen molar-refractivity contribution in [3.63, 3.8) is 0 Å². The molecule has 0 saturated carbocycles. The van der Waals surface area contributed by atoms with Gasteiger partial charge in [-0.15, -0.1) is 11.8 Å². The van der Waals surface area contributed by atoms with Gasteiger partial charge in [-0.1, -0.05) is 20.4 Å². The van der Waals surface area contributed by atoms with Crippen molar-refractivity contribution in [3.05, 3.63) is 12.3 Å². The maximum absolute atomic E-state index is 3.84. The zero-order chi connectivity index (χ0) is 7.28. The van der Waals surface area contributed by atoms with E-state index in [1.165, 1.54) is 5.70 Å². The van der Waals surface area contributed by atoms with Crippen LogP contribution < -0.4 is 0 Å². The smallest absolute Gasteiger partial charge is 0.0637 e. The van der Waals surface area contributed by atoms with Crippen LogP contribution in [0.1, 0.15) is 13.8 Å². The van der Waals surface area contributed by atoms with E-state index in [9.17, 15) is 0 Å². The van der Waals surface area contributed by atoms with E-state index in [1.807, 2.05) is 25.6 Å². The van der Waals surface area contributed by atoms with Gasteiger partial charge >= 0.3 is 0 Å². The number of hydrogen-bond acceptors (Lipinski definition) is 2. The van der Waals surface area contributed by atoms with Gasteiger partial charge in [0.2, 0.25) is 0 Å². The normalized spacial score (nSPS) is 17.2. The molecule has 0 amide bonds. The Hall–Kier alpha value is -0.110. The lowest BCUT2D eigenvalue weighted by molar-refractivity contribution is 0.516. The van der Waals surface area contributed by atoms with E-state index in [0.717, 1.165) is 11.6 Å². The summed E-state index contributed by atoms with van der Waals surface area (Å²) in [6.07, 6.45) is 0. The van der Waals surface area contributed by atoms with Crippen LogP contribution in [0.25, 0.3) is 0 Å². The maximum atomic E-state index is 3.84. The fraction of sp³-hybridized carbons (Fsp3) is 0.714. The molecule has 0 aliphatic carbocycles. The third-order valence-electron chi connectivity index (χ3n) is 1.09. The molecule has 1 rings (SSSR count). The molecular formula is C7H15NS. The van der Waals surface area contributed by atoms with Gasteiger partial charge in [-0.05, 0) is 0 Å². The summed E-state index contributed by atoms with van der Waals surface area (Å²) in [5, 5.41) is 0. The minimum atomic E-state index is 1.12. The Kier molecular flexibility index (Phi) is 4.68. The van der Waals surface area contributed by atoms with Gasteiger partial charge in [-0.2, -0.15) is 0 Å². The second kappa shape index (κ2) is 4.74. The van der Waals surface area contributed by atoms with Crippen LogP contribution in [0, 0.1) is 0 Å². The van der Waals surface area contributed by atoms with Gasteiger partial charge in [0, 0.05) is 18.5 Å². The zero-order valence-corrected chi connectivity index (χ0v) is 7.29. The van der Waals surface area contributed by atoms with Gasteiger partial charge in [0.1, 0.15) is 0 Å². The summed E-state index contributed by atoms with van der Waals surface area (Å²) in [4.78, 5) is 2.17. The molecule has 0 unspecified atom stereocenters. The summed E-state index contributed by atoms with van der Waals surface area (Å²) in [5.41, 5.74) is 1.25. The first-order valence-corrected chi connectivity index (χ1v) is 4.43.